The zero-order chi connectivity index (χ0) is 10.4. The lowest BCUT2D eigenvalue weighted by Gasteiger charge is -2.35. The van der Waals surface area contributed by atoms with Crippen molar-refractivity contribution in [1.82, 2.24) is 4.90 Å². The maximum absolute atomic E-state index is 11.1. The highest BCUT2D eigenvalue weighted by molar-refractivity contribution is 5.60. The van der Waals surface area contributed by atoms with Gasteiger partial charge in [-0.1, -0.05) is 0 Å². The molecule has 0 amide bonds. The van der Waals surface area contributed by atoms with Gasteiger partial charge < -0.3 is 19.5 Å². The molecule has 0 saturated carbocycles. The van der Waals surface area contributed by atoms with E-state index in [0.29, 0.717) is 19.8 Å². The van der Waals surface area contributed by atoms with Crippen LogP contribution in [0.15, 0.2) is 0 Å². The third-order valence-corrected chi connectivity index (χ3v) is 2.81. The topological polar surface area (TPSA) is 49.8 Å². The minimum atomic E-state index is -0.248. The van der Waals surface area contributed by atoms with Crippen LogP contribution in [0.2, 0.25) is 0 Å². The van der Waals surface area contributed by atoms with E-state index in [9.17, 15) is 4.79 Å². The zero-order valence-corrected chi connectivity index (χ0v) is 8.74. The summed E-state index contributed by atoms with van der Waals surface area (Å²) < 4.78 is 5.24. The molecule has 1 rings (SSSR count). The Morgan fingerprint density at radius 3 is 2.64 bits per heavy atom. The lowest BCUT2D eigenvalue weighted by atomic mass is 9.81. The number of aldehydes is 1. The second-order valence-electron chi connectivity index (χ2n) is 4.05. The number of hydrogen-bond donors (Lipinski definition) is 1. The van der Waals surface area contributed by atoms with Gasteiger partial charge in [0.15, 0.2) is 0 Å². The van der Waals surface area contributed by atoms with Gasteiger partial charge in [0, 0.05) is 31.7 Å². The van der Waals surface area contributed by atoms with Gasteiger partial charge in [-0.15, -0.1) is 0 Å². The lowest BCUT2D eigenvalue weighted by Crippen LogP contribution is -2.42. The maximum atomic E-state index is 11.1. The molecular weight excluding hydrogens is 182 g/mol. The number of likely N-dealkylation sites (N-methyl/N-ethyl adjacent to an activating group) is 1. The lowest BCUT2D eigenvalue weighted by molar-refractivity contribution is -0.122. The minimum absolute atomic E-state index is 0.141. The number of carbonyl (C=O) groups is 1. The van der Waals surface area contributed by atoms with Crippen molar-refractivity contribution in [2.45, 2.75) is 12.8 Å². The van der Waals surface area contributed by atoms with Crippen LogP contribution in [0.3, 0.4) is 0 Å². The van der Waals surface area contributed by atoms with Crippen LogP contribution in [-0.2, 0) is 9.53 Å². The van der Waals surface area contributed by atoms with Crippen LogP contribution >= 0.6 is 0 Å². The van der Waals surface area contributed by atoms with E-state index < -0.39 is 0 Å². The highest BCUT2D eigenvalue weighted by Gasteiger charge is 2.33. The van der Waals surface area contributed by atoms with Crippen molar-refractivity contribution < 1.29 is 14.6 Å². The summed E-state index contributed by atoms with van der Waals surface area (Å²) in [5.74, 6) is 0. The molecule has 0 bridgehead atoms. The van der Waals surface area contributed by atoms with Crippen molar-refractivity contribution in [3.8, 4) is 0 Å². The predicted molar refractivity (Wildman–Crippen MR) is 53.1 cm³/mol. The van der Waals surface area contributed by atoms with E-state index in [2.05, 4.69) is 0 Å². The molecule has 82 valence electrons. The summed E-state index contributed by atoms with van der Waals surface area (Å²) >= 11 is 0. The first-order valence-corrected chi connectivity index (χ1v) is 5.06. The third-order valence-electron chi connectivity index (χ3n) is 2.81. The highest BCUT2D eigenvalue weighted by Crippen LogP contribution is 2.28. The van der Waals surface area contributed by atoms with Gasteiger partial charge in [-0.3, -0.25) is 0 Å². The molecule has 1 fully saturated rings. The summed E-state index contributed by atoms with van der Waals surface area (Å²) in [7, 11) is 1.93. The summed E-state index contributed by atoms with van der Waals surface area (Å²) in [6.45, 7) is 2.83. The van der Waals surface area contributed by atoms with Gasteiger partial charge >= 0.3 is 0 Å². The normalized spacial score (nSPS) is 21.1. The SMILES string of the molecule is CN(CCO)CC1(C=O)CCOCC1. The van der Waals surface area contributed by atoms with Crippen molar-refractivity contribution in [2.24, 2.45) is 5.41 Å². The summed E-state index contributed by atoms with van der Waals surface area (Å²) in [4.78, 5) is 13.1. The first-order chi connectivity index (χ1) is 6.72. The van der Waals surface area contributed by atoms with Crippen molar-refractivity contribution >= 4 is 6.29 Å². The van der Waals surface area contributed by atoms with Gasteiger partial charge in [0.05, 0.1) is 6.61 Å². The number of ether oxygens (including phenoxy) is 1. The Labute approximate surface area is 84.8 Å². The molecule has 0 aliphatic carbocycles. The van der Waals surface area contributed by atoms with Gasteiger partial charge in [-0.2, -0.15) is 0 Å². The van der Waals surface area contributed by atoms with Crippen LogP contribution in [0.25, 0.3) is 0 Å². The first kappa shape index (κ1) is 11.6. The van der Waals surface area contributed by atoms with Gasteiger partial charge in [0.2, 0.25) is 0 Å². The van der Waals surface area contributed by atoms with Crippen molar-refractivity contribution in [3.63, 3.8) is 0 Å². The van der Waals surface area contributed by atoms with E-state index in [1.807, 2.05) is 11.9 Å². The van der Waals surface area contributed by atoms with E-state index in [1.165, 1.54) is 0 Å². The molecule has 4 heteroatoms. The number of aliphatic hydroxyl groups excluding tert-OH is 1. The summed E-state index contributed by atoms with van der Waals surface area (Å²) in [6.07, 6.45) is 2.65. The molecule has 0 aromatic heterocycles. The molecule has 1 saturated heterocycles. The quantitative estimate of drug-likeness (QED) is 0.631. The molecule has 0 spiro atoms. The second kappa shape index (κ2) is 5.44. The Kier molecular flexibility index (Phi) is 4.51. The van der Waals surface area contributed by atoms with Crippen LogP contribution in [0.5, 0.6) is 0 Å². The van der Waals surface area contributed by atoms with Crippen LogP contribution in [0.1, 0.15) is 12.8 Å². The molecule has 1 heterocycles. The smallest absolute Gasteiger partial charge is 0.127 e. The number of hydrogen-bond acceptors (Lipinski definition) is 4. The molecule has 0 aromatic carbocycles. The zero-order valence-electron chi connectivity index (χ0n) is 8.74. The van der Waals surface area contributed by atoms with E-state index in [1.54, 1.807) is 0 Å². The number of aliphatic hydroxyl groups is 1. The summed E-state index contributed by atoms with van der Waals surface area (Å²) in [5.41, 5.74) is -0.248. The fraction of sp³-hybridized carbons (Fsp3) is 0.900. The van der Waals surface area contributed by atoms with E-state index in [0.717, 1.165) is 25.7 Å². The average molecular weight is 201 g/mol. The first-order valence-electron chi connectivity index (χ1n) is 5.06. The monoisotopic (exact) mass is 201 g/mol. The van der Waals surface area contributed by atoms with Crippen LogP contribution in [0.4, 0.5) is 0 Å². The molecule has 1 N–H and O–H groups in total. The summed E-state index contributed by atoms with van der Waals surface area (Å²) in [6, 6.07) is 0. The highest BCUT2D eigenvalue weighted by atomic mass is 16.5. The van der Waals surface area contributed by atoms with E-state index >= 15 is 0 Å². The van der Waals surface area contributed by atoms with Crippen molar-refractivity contribution in [3.05, 3.63) is 0 Å². The molecular formula is C10H19NO3. The van der Waals surface area contributed by atoms with Gasteiger partial charge in [-0.25, -0.2) is 0 Å². The van der Waals surface area contributed by atoms with Crippen molar-refractivity contribution in [2.75, 3.05) is 40.0 Å². The molecule has 0 aromatic rings. The Bertz CT molecular complexity index is 178. The van der Waals surface area contributed by atoms with Gasteiger partial charge in [0.25, 0.3) is 0 Å². The number of rotatable bonds is 5. The molecule has 1 aliphatic rings. The van der Waals surface area contributed by atoms with Gasteiger partial charge in [0.1, 0.15) is 6.29 Å². The Morgan fingerprint density at radius 1 is 1.50 bits per heavy atom. The fourth-order valence-corrected chi connectivity index (χ4v) is 1.88. The standard InChI is InChI=1S/C10H19NO3/c1-11(4-5-12)8-10(9-13)2-6-14-7-3-10/h9,12H,2-8H2,1H3. The van der Waals surface area contributed by atoms with Crippen LogP contribution in [-0.4, -0.2) is 56.3 Å². The molecule has 1 aliphatic heterocycles. The van der Waals surface area contributed by atoms with Crippen molar-refractivity contribution in [1.29, 1.82) is 0 Å². The number of nitrogens with zero attached hydrogens (tertiary/aromatic N) is 1. The Balaban J connectivity index is 2.46. The van der Waals surface area contributed by atoms with E-state index in [4.69, 9.17) is 9.84 Å². The maximum Gasteiger partial charge on any atom is 0.127 e. The molecule has 14 heavy (non-hydrogen) atoms. The van der Waals surface area contributed by atoms with Gasteiger partial charge in [-0.05, 0) is 19.9 Å². The summed E-state index contributed by atoms with van der Waals surface area (Å²) in [5, 5.41) is 8.77. The van der Waals surface area contributed by atoms with Crippen LogP contribution < -0.4 is 0 Å². The Morgan fingerprint density at radius 2 is 2.14 bits per heavy atom. The third kappa shape index (κ3) is 3.04. The second-order valence-corrected chi connectivity index (χ2v) is 4.05. The number of carbonyl (C=O) groups excluding carboxylic acids is 1. The molecule has 0 unspecified atom stereocenters. The average Bonchev–Trinajstić information content (AvgIpc) is 2.19. The minimum Gasteiger partial charge on any atom is -0.395 e. The molecule has 0 atom stereocenters. The molecule has 0 radical (unpaired) electrons. The fourth-order valence-electron chi connectivity index (χ4n) is 1.88. The van der Waals surface area contributed by atoms with Crippen LogP contribution in [0, 0.1) is 5.41 Å². The predicted octanol–water partition coefficient (Wildman–Crippen LogP) is -0.0938. The molecule has 4 nitrogen and oxygen atoms in total. The Hall–Kier alpha value is -0.450. The van der Waals surface area contributed by atoms with E-state index in [-0.39, 0.29) is 12.0 Å². The largest absolute Gasteiger partial charge is 0.395 e.